The van der Waals surface area contributed by atoms with Gasteiger partial charge < -0.3 is 4.74 Å². The third kappa shape index (κ3) is 2.95. The highest BCUT2D eigenvalue weighted by Crippen LogP contribution is 2.60. The lowest BCUT2D eigenvalue weighted by Crippen LogP contribution is -2.72. The molecule has 0 radical (unpaired) electrons. The summed E-state index contributed by atoms with van der Waals surface area (Å²) in [4.78, 5) is 0. The fraction of sp³-hybridized carbons (Fsp3) is 1.00. The number of rotatable bonds is 7. The maximum absolute atomic E-state index is 13.5. The molecule has 134 valence electrons. The predicted molar refractivity (Wildman–Crippen MR) is 47.2 cm³/mol. The zero-order valence-corrected chi connectivity index (χ0v) is 10.4. The summed E-state index contributed by atoms with van der Waals surface area (Å²) in [5, 5.41) is 0. The number of hydrogen-bond acceptors (Lipinski definition) is 1. The first-order chi connectivity index (χ1) is 9.50. The molecule has 0 aliphatic heterocycles. The summed E-state index contributed by atoms with van der Waals surface area (Å²) in [7, 11) is 0.621. The molecule has 0 fully saturated rings. The van der Waals surface area contributed by atoms with Gasteiger partial charge in [-0.25, -0.2) is 22.0 Å². The number of halogens is 12. The third-order valence-corrected chi connectivity index (χ3v) is 2.64. The fourth-order valence-corrected chi connectivity index (χ4v) is 1.38. The van der Waals surface area contributed by atoms with E-state index in [-0.39, 0.29) is 0 Å². The molecule has 0 aliphatic rings. The Kier molecular flexibility index (Phi) is 5.72. The lowest BCUT2D eigenvalue weighted by atomic mass is 9.84. The van der Waals surface area contributed by atoms with Crippen LogP contribution in [-0.4, -0.2) is 49.8 Å². The van der Waals surface area contributed by atoms with E-state index in [1.807, 2.05) is 0 Å². The van der Waals surface area contributed by atoms with Crippen LogP contribution in [0.4, 0.5) is 52.7 Å². The van der Waals surface area contributed by atoms with Crippen molar-refractivity contribution in [3.05, 3.63) is 0 Å². The second kappa shape index (κ2) is 5.96. The minimum absolute atomic E-state index is 0.621. The molecule has 0 heterocycles. The van der Waals surface area contributed by atoms with E-state index in [0.717, 1.165) is 0 Å². The van der Waals surface area contributed by atoms with Gasteiger partial charge in [-0.15, -0.1) is 0 Å². The number of ether oxygens (including phenoxy) is 1. The lowest BCUT2D eigenvalue weighted by molar-refractivity contribution is -0.414. The molecule has 0 aromatic rings. The van der Waals surface area contributed by atoms with Crippen molar-refractivity contribution in [2.75, 3.05) is 13.7 Å². The Balaban J connectivity index is 6.26. The average molecular weight is 360 g/mol. The van der Waals surface area contributed by atoms with Crippen LogP contribution in [0.1, 0.15) is 6.42 Å². The molecule has 0 aliphatic carbocycles. The van der Waals surface area contributed by atoms with E-state index in [1.54, 1.807) is 0 Å². The van der Waals surface area contributed by atoms with Gasteiger partial charge in [0.05, 0.1) is 6.61 Å². The summed E-state index contributed by atoms with van der Waals surface area (Å²) in [6.45, 7) is -1.43. The number of hydrogen-bond donors (Lipinski definition) is 0. The van der Waals surface area contributed by atoms with Crippen LogP contribution < -0.4 is 0 Å². The Labute approximate surface area is 115 Å². The summed E-state index contributed by atoms with van der Waals surface area (Å²) in [6.07, 6.45) is -15.2. The van der Waals surface area contributed by atoms with Gasteiger partial charge in [0.2, 0.25) is 0 Å². The van der Waals surface area contributed by atoms with E-state index < -0.39 is 49.1 Å². The molecule has 0 spiro atoms. The molecule has 0 aromatic carbocycles. The minimum Gasteiger partial charge on any atom is -0.384 e. The first-order valence-electron chi connectivity index (χ1n) is 5.17. The van der Waals surface area contributed by atoms with Gasteiger partial charge in [0, 0.05) is 13.5 Å². The van der Waals surface area contributed by atoms with Gasteiger partial charge in [-0.05, 0) is 0 Å². The van der Waals surface area contributed by atoms with E-state index >= 15 is 0 Å². The molecule has 0 aromatic heterocycles. The van der Waals surface area contributed by atoms with Gasteiger partial charge in [0.15, 0.2) is 0 Å². The monoisotopic (exact) mass is 360 g/mol. The Hall–Kier alpha value is -0.880. The van der Waals surface area contributed by atoms with E-state index in [9.17, 15) is 52.7 Å². The van der Waals surface area contributed by atoms with Crippen molar-refractivity contribution in [2.24, 2.45) is 0 Å². The maximum Gasteiger partial charge on any atom is 0.434 e. The summed E-state index contributed by atoms with van der Waals surface area (Å²) in [5.41, 5.74) is -7.23. The van der Waals surface area contributed by atoms with Gasteiger partial charge >= 0.3 is 30.1 Å². The summed E-state index contributed by atoms with van der Waals surface area (Å²) < 4.78 is 156. The number of alkyl halides is 12. The van der Waals surface area contributed by atoms with E-state index in [0.29, 0.717) is 7.11 Å². The SMILES string of the molecule is COCCC(F)(F)C(F)(C(F)(F)F)C(F)(F)C(F)(F)C(F)F. The normalized spacial score (nSPS) is 17.7. The minimum atomic E-state index is -7.44. The van der Waals surface area contributed by atoms with Crippen molar-refractivity contribution in [2.45, 2.75) is 42.5 Å². The maximum atomic E-state index is 13.5. The van der Waals surface area contributed by atoms with Crippen LogP contribution in [-0.2, 0) is 4.74 Å². The van der Waals surface area contributed by atoms with Crippen LogP contribution in [0.3, 0.4) is 0 Å². The molecule has 0 saturated heterocycles. The van der Waals surface area contributed by atoms with E-state index in [4.69, 9.17) is 0 Å². The summed E-state index contributed by atoms with van der Waals surface area (Å²) in [6, 6.07) is 0. The third-order valence-electron chi connectivity index (χ3n) is 2.64. The average Bonchev–Trinajstić information content (AvgIpc) is 2.33. The van der Waals surface area contributed by atoms with Crippen molar-refractivity contribution < 1.29 is 57.4 Å². The molecule has 0 rings (SSSR count). The standard InChI is InChI=1S/C9H8F12O/c1-22-3-2-5(12,13)7(16,9(19,20)21)8(17,18)6(14,15)4(10)11/h4H,2-3H2,1H3. The van der Waals surface area contributed by atoms with E-state index in [1.165, 1.54) is 0 Å². The lowest BCUT2D eigenvalue weighted by Gasteiger charge is -2.42. The van der Waals surface area contributed by atoms with Gasteiger partial charge in [-0.2, -0.15) is 30.7 Å². The predicted octanol–water partition coefficient (Wildman–Crippen LogP) is 4.46. The highest BCUT2D eigenvalue weighted by atomic mass is 19.4. The Bertz CT molecular complexity index is 375. The molecule has 22 heavy (non-hydrogen) atoms. The molecule has 0 amide bonds. The number of methoxy groups -OCH3 is 1. The smallest absolute Gasteiger partial charge is 0.384 e. The van der Waals surface area contributed by atoms with Crippen LogP contribution in [0.5, 0.6) is 0 Å². The second-order valence-corrected chi connectivity index (χ2v) is 4.10. The highest BCUT2D eigenvalue weighted by molar-refractivity contribution is 5.14. The molecule has 0 N–H and O–H groups in total. The van der Waals surface area contributed by atoms with Crippen LogP contribution in [0.25, 0.3) is 0 Å². The molecule has 1 atom stereocenters. The molecule has 1 nitrogen and oxygen atoms in total. The Morgan fingerprint density at radius 3 is 1.50 bits per heavy atom. The van der Waals surface area contributed by atoms with Crippen LogP contribution in [0, 0.1) is 0 Å². The summed E-state index contributed by atoms with van der Waals surface area (Å²) in [5.74, 6) is -20.6. The van der Waals surface area contributed by atoms with Gasteiger partial charge in [0.25, 0.3) is 5.92 Å². The van der Waals surface area contributed by atoms with Crippen LogP contribution in [0.2, 0.25) is 0 Å². The Morgan fingerprint density at radius 1 is 0.818 bits per heavy atom. The van der Waals surface area contributed by atoms with Crippen molar-refractivity contribution in [3.63, 3.8) is 0 Å². The van der Waals surface area contributed by atoms with Crippen LogP contribution in [0.15, 0.2) is 0 Å². The summed E-state index contributed by atoms with van der Waals surface area (Å²) >= 11 is 0. The molecule has 13 heteroatoms. The van der Waals surface area contributed by atoms with Gasteiger partial charge in [0.1, 0.15) is 0 Å². The zero-order valence-electron chi connectivity index (χ0n) is 10.4. The van der Waals surface area contributed by atoms with Crippen molar-refractivity contribution in [3.8, 4) is 0 Å². The first-order valence-corrected chi connectivity index (χ1v) is 5.17. The van der Waals surface area contributed by atoms with E-state index in [2.05, 4.69) is 4.74 Å². The second-order valence-electron chi connectivity index (χ2n) is 4.10. The molecule has 1 unspecified atom stereocenters. The molecular formula is C9H8F12O. The largest absolute Gasteiger partial charge is 0.434 e. The van der Waals surface area contributed by atoms with Crippen molar-refractivity contribution >= 4 is 0 Å². The van der Waals surface area contributed by atoms with Gasteiger partial charge in [-0.3, -0.25) is 0 Å². The van der Waals surface area contributed by atoms with Crippen LogP contribution >= 0.6 is 0 Å². The zero-order chi connectivity index (χ0) is 18.2. The van der Waals surface area contributed by atoms with Crippen molar-refractivity contribution in [1.82, 2.24) is 0 Å². The first kappa shape index (κ1) is 21.1. The Morgan fingerprint density at radius 2 is 1.23 bits per heavy atom. The quantitative estimate of drug-likeness (QED) is 0.609. The molecule has 0 saturated carbocycles. The van der Waals surface area contributed by atoms with Crippen molar-refractivity contribution in [1.29, 1.82) is 0 Å². The molecule has 0 bridgehead atoms. The topological polar surface area (TPSA) is 9.23 Å². The molecular weight excluding hydrogens is 352 g/mol. The van der Waals surface area contributed by atoms with Gasteiger partial charge in [-0.1, -0.05) is 0 Å². The fourth-order valence-electron chi connectivity index (χ4n) is 1.38. The highest BCUT2D eigenvalue weighted by Gasteiger charge is 2.89.